The molecule has 8 heteroatoms. The average molecular weight is 466 g/mol. The van der Waals surface area contributed by atoms with Gasteiger partial charge in [-0.15, -0.1) is 0 Å². The van der Waals surface area contributed by atoms with Gasteiger partial charge in [0.05, 0.1) is 0 Å². The number of ether oxygens (including phenoxy) is 1. The number of aromatic nitrogens is 3. The molecule has 0 unspecified atom stereocenters. The minimum atomic E-state index is -0.522. The third-order valence-corrected chi connectivity index (χ3v) is 7.36. The zero-order chi connectivity index (χ0) is 23.5. The number of nitrogens with zero attached hydrogens (tertiary/aromatic N) is 4. The highest BCUT2D eigenvalue weighted by Crippen LogP contribution is 2.35. The first kappa shape index (κ1) is 22.8. The van der Waals surface area contributed by atoms with Crippen LogP contribution >= 0.6 is 0 Å². The van der Waals surface area contributed by atoms with Gasteiger partial charge in [0, 0.05) is 30.7 Å². The molecule has 0 amide bonds. The van der Waals surface area contributed by atoms with Crippen LogP contribution < -0.4 is 15.6 Å². The van der Waals surface area contributed by atoms with Gasteiger partial charge in [-0.05, 0) is 57.0 Å². The van der Waals surface area contributed by atoms with E-state index >= 15 is 0 Å². The van der Waals surface area contributed by atoms with E-state index in [1.165, 1.54) is 81.2 Å². The summed E-state index contributed by atoms with van der Waals surface area (Å²) in [6.45, 7) is 3.14. The number of rotatable bonds is 6. The number of halogens is 1. The van der Waals surface area contributed by atoms with Gasteiger partial charge >= 0.3 is 0 Å². The molecule has 2 aromatic heterocycles. The van der Waals surface area contributed by atoms with E-state index in [0.29, 0.717) is 17.0 Å². The number of pyridine rings is 1. The maximum absolute atomic E-state index is 14.0. The van der Waals surface area contributed by atoms with E-state index in [1.807, 2.05) is 0 Å². The standard InChI is InChI=1S/C26H32FN5O2/c1-31-23-19(16-22(24(31)33)34-21-11-5-4-10-20(21)27)17-28-25(30-23)29-18-26(12-6-2-7-13-26)32-14-8-3-9-15-32/h4-5,10-11,16-17H,2-3,6-9,12-15,18H2,1H3,(H,28,29,30). The lowest BCUT2D eigenvalue weighted by Gasteiger charge is -2.48. The lowest BCUT2D eigenvalue weighted by molar-refractivity contribution is 0.0436. The fraction of sp³-hybridized carbons (Fsp3) is 0.500. The molecule has 1 aliphatic carbocycles. The summed E-state index contributed by atoms with van der Waals surface area (Å²) in [6.07, 6.45) is 11.8. The molecular weight excluding hydrogens is 433 g/mol. The number of para-hydroxylation sites is 1. The summed E-state index contributed by atoms with van der Waals surface area (Å²) in [5, 5.41) is 4.15. The first-order valence-electron chi connectivity index (χ1n) is 12.3. The predicted octanol–water partition coefficient (Wildman–Crippen LogP) is 4.86. The van der Waals surface area contributed by atoms with Crippen molar-refractivity contribution < 1.29 is 9.13 Å². The van der Waals surface area contributed by atoms with Gasteiger partial charge in [0.25, 0.3) is 5.56 Å². The van der Waals surface area contributed by atoms with Gasteiger partial charge in [-0.25, -0.2) is 9.37 Å². The van der Waals surface area contributed by atoms with Crippen molar-refractivity contribution in [2.75, 3.05) is 25.0 Å². The SMILES string of the molecule is Cn1c(=O)c(Oc2ccccc2F)cc2cnc(NCC3(N4CCCCC4)CCCCC3)nc21. The van der Waals surface area contributed by atoms with Crippen LogP contribution in [-0.2, 0) is 7.05 Å². The maximum atomic E-state index is 14.0. The van der Waals surface area contributed by atoms with E-state index in [4.69, 9.17) is 4.74 Å². The Bertz CT molecular complexity index is 1220. The van der Waals surface area contributed by atoms with Gasteiger partial charge in [-0.1, -0.05) is 37.8 Å². The molecule has 0 radical (unpaired) electrons. The molecular formula is C26H32FN5O2. The Labute approximate surface area is 199 Å². The van der Waals surface area contributed by atoms with Crippen LogP contribution in [-0.4, -0.2) is 44.6 Å². The molecule has 1 saturated heterocycles. The smallest absolute Gasteiger partial charge is 0.294 e. The fourth-order valence-corrected chi connectivity index (χ4v) is 5.45. The van der Waals surface area contributed by atoms with Crippen molar-refractivity contribution in [3.05, 3.63) is 52.7 Å². The zero-order valence-electron chi connectivity index (χ0n) is 19.7. The summed E-state index contributed by atoms with van der Waals surface area (Å²) in [7, 11) is 1.64. The molecule has 7 nitrogen and oxygen atoms in total. The number of likely N-dealkylation sites (tertiary alicyclic amines) is 1. The largest absolute Gasteiger partial charge is 0.448 e. The molecule has 3 aromatic rings. The van der Waals surface area contributed by atoms with Gasteiger partial charge < -0.3 is 10.1 Å². The van der Waals surface area contributed by atoms with Crippen molar-refractivity contribution in [3.8, 4) is 11.5 Å². The van der Waals surface area contributed by atoms with Crippen LogP contribution in [0.4, 0.5) is 10.3 Å². The van der Waals surface area contributed by atoms with Crippen LogP contribution in [0.3, 0.4) is 0 Å². The van der Waals surface area contributed by atoms with E-state index in [0.717, 1.165) is 6.54 Å². The third-order valence-electron chi connectivity index (χ3n) is 7.36. The Kier molecular flexibility index (Phi) is 6.50. The predicted molar refractivity (Wildman–Crippen MR) is 131 cm³/mol. The Hall–Kier alpha value is -3.00. The van der Waals surface area contributed by atoms with Crippen LogP contribution in [0.5, 0.6) is 11.5 Å². The number of aryl methyl sites for hydroxylation is 1. The van der Waals surface area contributed by atoms with Gasteiger partial charge in [0.2, 0.25) is 5.95 Å². The number of piperidine rings is 1. The zero-order valence-corrected chi connectivity index (χ0v) is 19.7. The topological polar surface area (TPSA) is 72.3 Å². The minimum absolute atomic E-state index is 0.00801. The lowest BCUT2D eigenvalue weighted by Crippen LogP contribution is -2.56. The van der Waals surface area contributed by atoms with Gasteiger partial charge in [-0.2, -0.15) is 4.98 Å². The molecule has 1 aromatic carbocycles. The quantitative estimate of drug-likeness (QED) is 0.561. The molecule has 3 heterocycles. The summed E-state index contributed by atoms with van der Waals surface area (Å²) in [5.41, 5.74) is 0.289. The van der Waals surface area contributed by atoms with E-state index < -0.39 is 5.82 Å². The number of hydrogen-bond donors (Lipinski definition) is 1. The normalized spacial score (nSPS) is 18.6. The van der Waals surface area contributed by atoms with Crippen molar-refractivity contribution in [1.29, 1.82) is 0 Å². The first-order chi connectivity index (χ1) is 16.6. The van der Waals surface area contributed by atoms with Crippen molar-refractivity contribution in [2.24, 2.45) is 7.05 Å². The van der Waals surface area contributed by atoms with E-state index in [1.54, 1.807) is 31.4 Å². The van der Waals surface area contributed by atoms with E-state index in [2.05, 4.69) is 20.2 Å². The van der Waals surface area contributed by atoms with Crippen LogP contribution in [0.25, 0.3) is 11.0 Å². The van der Waals surface area contributed by atoms with Crippen LogP contribution in [0, 0.1) is 5.82 Å². The average Bonchev–Trinajstić information content (AvgIpc) is 2.88. The summed E-state index contributed by atoms with van der Waals surface area (Å²) in [6, 6.07) is 7.60. The fourth-order valence-electron chi connectivity index (χ4n) is 5.45. The molecule has 5 rings (SSSR count). The lowest BCUT2D eigenvalue weighted by atomic mass is 9.79. The molecule has 2 aliphatic rings. The molecule has 1 saturated carbocycles. The van der Waals surface area contributed by atoms with Crippen molar-refractivity contribution in [1.82, 2.24) is 19.4 Å². The molecule has 0 spiro atoms. The Morgan fingerprint density at radius 2 is 1.79 bits per heavy atom. The molecule has 0 bridgehead atoms. The van der Waals surface area contributed by atoms with Gasteiger partial charge in [0.1, 0.15) is 5.65 Å². The van der Waals surface area contributed by atoms with Gasteiger partial charge in [0.15, 0.2) is 17.3 Å². The minimum Gasteiger partial charge on any atom is -0.448 e. The third kappa shape index (κ3) is 4.51. The summed E-state index contributed by atoms with van der Waals surface area (Å²) >= 11 is 0. The Morgan fingerprint density at radius 3 is 2.56 bits per heavy atom. The number of fused-ring (bicyclic) bond motifs is 1. The highest BCUT2D eigenvalue weighted by molar-refractivity contribution is 5.76. The number of hydrogen-bond acceptors (Lipinski definition) is 6. The highest BCUT2D eigenvalue weighted by Gasteiger charge is 2.38. The van der Waals surface area contributed by atoms with Crippen LogP contribution in [0.15, 0.2) is 41.3 Å². The van der Waals surface area contributed by atoms with Crippen LogP contribution in [0.2, 0.25) is 0 Å². The van der Waals surface area contributed by atoms with Gasteiger partial charge in [-0.3, -0.25) is 14.3 Å². The molecule has 0 atom stereocenters. The first-order valence-corrected chi connectivity index (χ1v) is 12.3. The number of benzene rings is 1. The molecule has 1 N–H and O–H groups in total. The van der Waals surface area contributed by atoms with Crippen molar-refractivity contribution >= 4 is 17.0 Å². The Balaban J connectivity index is 1.39. The Morgan fingerprint density at radius 1 is 1.06 bits per heavy atom. The summed E-state index contributed by atoms with van der Waals surface area (Å²) < 4.78 is 21.0. The second kappa shape index (κ2) is 9.70. The second-order valence-electron chi connectivity index (χ2n) is 9.56. The monoisotopic (exact) mass is 465 g/mol. The molecule has 180 valence electrons. The molecule has 34 heavy (non-hydrogen) atoms. The highest BCUT2D eigenvalue weighted by atomic mass is 19.1. The van der Waals surface area contributed by atoms with E-state index in [-0.39, 0.29) is 22.6 Å². The van der Waals surface area contributed by atoms with Crippen LogP contribution in [0.1, 0.15) is 51.4 Å². The molecule has 2 fully saturated rings. The van der Waals surface area contributed by atoms with E-state index in [9.17, 15) is 9.18 Å². The second-order valence-corrected chi connectivity index (χ2v) is 9.56. The summed E-state index contributed by atoms with van der Waals surface area (Å²) in [4.78, 5) is 24.8. The van der Waals surface area contributed by atoms with Crippen molar-refractivity contribution in [3.63, 3.8) is 0 Å². The number of anilines is 1. The summed E-state index contributed by atoms with van der Waals surface area (Å²) in [5.74, 6) is 0.0438. The maximum Gasteiger partial charge on any atom is 0.294 e. The van der Waals surface area contributed by atoms with Crippen molar-refractivity contribution in [2.45, 2.75) is 56.9 Å². The molecule has 1 aliphatic heterocycles. The number of nitrogens with one attached hydrogen (secondary N) is 1.